The third-order valence-electron chi connectivity index (χ3n) is 5.02. The van der Waals surface area contributed by atoms with Gasteiger partial charge in [-0.05, 0) is 52.4 Å². The highest BCUT2D eigenvalue weighted by Crippen LogP contribution is 2.31. The van der Waals surface area contributed by atoms with Gasteiger partial charge in [0.15, 0.2) is 0 Å². The molecule has 0 spiro atoms. The van der Waals surface area contributed by atoms with E-state index in [9.17, 15) is 13.2 Å². The Morgan fingerprint density at radius 1 is 1.21 bits per heavy atom. The molecule has 8 heteroatoms. The quantitative estimate of drug-likeness (QED) is 0.659. The normalized spacial score (nSPS) is 19.5. The average Bonchev–Trinajstić information content (AvgIpc) is 3.13. The van der Waals surface area contributed by atoms with Crippen molar-refractivity contribution in [2.75, 3.05) is 13.1 Å². The van der Waals surface area contributed by atoms with Crippen molar-refractivity contribution < 1.29 is 13.2 Å². The fourth-order valence-electron chi connectivity index (χ4n) is 3.50. The van der Waals surface area contributed by atoms with Crippen molar-refractivity contribution in [1.29, 1.82) is 0 Å². The number of halogens is 1. The van der Waals surface area contributed by atoms with E-state index in [0.717, 1.165) is 9.35 Å². The van der Waals surface area contributed by atoms with E-state index in [2.05, 4.69) is 35.1 Å². The van der Waals surface area contributed by atoms with Crippen molar-refractivity contribution in [2.45, 2.75) is 36.9 Å². The van der Waals surface area contributed by atoms with Crippen molar-refractivity contribution >= 4 is 43.2 Å². The van der Waals surface area contributed by atoms with Gasteiger partial charge in [-0.3, -0.25) is 4.79 Å². The van der Waals surface area contributed by atoms with Gasteiger partial charge in [0.05, 0.1) is 15.7 Å². The Morgan fingerprint density at radius 3 is 2.54 bits per heavy atom. The maximum Gasteiger partial charge on any atom is 0.252 e. The summed E-state index contributed by atoms with van der Waals surface area (Å²) >= 11 is 4.51. The molecule has 1 N–H and O–H groups in total. The number of carbonyl (C=O) groups is 1. The molecule has 0 aliphatic carbocycles. The van der Waals surface area contributed by atoms with Gasteiger partial charge in [0.2, 0.25) is 5.91 Å². The van der Waals surface area contributed by atoms with Gasteiger partial charge in [0, 0.05) is 13.1 Å². The monoisotopic (exact) mass is 484 g/mol. The molecule has 1 aromatic carbocycles. The molecule has 1 saturated heterocycles. The Hall–Kier alpha value is -1.22. The number of amides is 1. The van der Waals surface area contributed by atoms with Gasteiger partial charge in [-0.2, -0.15) is 4.31 Å². The number of carbonyl (C=O) groups excluding carboxylic acids is 1. The first-order valence-corrected chi connectivity index (χ1v) is 12.4. The molecule has 2 aromatic rings. The van der Waals surface area contributed by atoms with Crippen LogP contribution >= 0.6 is 27.3 Å². The van der Waals surface area contributed by atoms with Gasteiger partial charge in [-0.1, -0.05) is 44.2 Å². The van der Waals surface area contributed by atoms with Crippen molar-refractivity contribution in [2.24, 2.45) is 11.8 Å². The zero-order valence-corrected chi connectivity index (χ0v) is 19.2. The largest absolute Gasteiger partial charge is 0.349 e. The Morgan fingerprint density at radius 2 is 1.93 bits per heavy atom. The average molecular weight is 485 g/mol. The summed E-state index contributed by atoms with van der Waals surface area (Å²) in [5.41, 5.74) is 1.06. The van der Waals surface area contributed by atoms with Crippen LogP contribution in [0.1, 0.15) is 38.3 Å². The first-order valence-electron chi connectivity index (χ1n) is 9.40. The molecule has 2 atom stereocenters. The summed E-state index contributed by atoms with van der Waals surface area (Å²) in [7, 11) is -3.56. The van der Waals surface area contributed by atoms with Crippen LogP contribution in [0.2, 0.25) is 0 Å². The van der Waals surface area contributed by atoms with E-state index in [4.69, 9.17) is 0 Å². The Bertz CT molecular complexity index is 913. The number of rotatable bonds is 6. The van der Waals surface area contributed by atoms with E-state index in [0.29, 0.717) is 23.6 Å². The van der Waals surface area contributed by atoms with Gasteiger partial charge in [-0.25, -0.2) is 8.42 Å². The summed E-state index contributed by atoms with van der Waals surface area (Å²) in [6.07, 6.45) is 1.38. The molecule has 0 radical (unpaired) electrons. The van der Waals surface area contributed by atoms with Crippen LogP contribution in [0, 0.1) is 11.8 Å². The highest BCUT2D eigenvalue weighted by Gasteiger charge is 2.35. The Balaban J connectivity index is 1.72. The van der Waals surface area contributed by atoms with E-state index in [1.54, 1.807) is 12.1 Å². The summed E-state index contributed by atoms with van der Waals surface area (Å²) in [4.78, 5) is 13.0. The number of nitrogens with one attached hydrogen (secondary N) is 1. The molecule has 2 heterocycles. The third kappa shape index (κ3) is 4.84. The molecule has 1 aliphatic rings. The lowest BCUT2D eigenvalue weighted by Crippen LogP contribution is -2.46. The first-order chi connectivity index (χ1) is 13.3. The van der Waals surface area contributed by atoms with Crippen molar-refractivity contribution in [1.82, 2.24) is 9.62 Å². The molecular formula is C20H25BrN2O3S2. The summed E-state index contributed by atoms with van der Waals surface area (Å²) in [5.74, 6) is -0.176. The molecule has 1 aliphatic heterocycles. The summed E-state index contributed by atoms with van der Waals surface area (Å²) in [5, 5.41) is 3.15. The lowest BCUT2D eigenvalue weighted by Gasteiger charge is -2.32. The second-order valence-corrected chi connectivity index (χ2v) is 12.0. The molecule has 28 heavy (non-hydrogen) atoms. The van der Waals surface area contributed by atoms with Crippen LogP contribution in [0.4, 0.5) is 0 Å². The van der Waals surface area contributed by atoms with E-state index < -0.39 is 10.0 Å². The first kappa shape index (κ1) is 21.5. The van der Waals surface area contributed by atoms with Crippen molar-refractivity contribution in [3.8, 4) is 0 Å². The van der Waals surface area contributed by atoms with Crippen molar-refractivity contribution in [3.05, 3.63) is 51.8 Å². The van der Waals surface area contributed by atoms with Gasteiger partial charge < -0.3 is 5.32 Å². The molecular weight excluding hydrogens is 460 g/mol. The predicted molar refractivity (Wildman–Crippen MR) is 116 cm³/mol. The number of hydrogen-bond acceptors (Lipinski definition) is 4. The van der Waals surface area contributed by atoms with Crippen LogP contribution in [0.25, 0.3) is 0 Å². The van der Waals surface area contributed by atoms with Crippen molar-refractivity contribution in [3.63, 3.8) is 0 Å². The van der Waals surface area contributed by atoms with Crippen LogP contribution in [0.5, 0.6) is 0 Å². The molecule has 1 aromatic heterocycles. The van der Waals surface area contributed by atoms with E-state index in [-0.39, 0.29) is 30.3 Å². The lowest BCUT2D eigenvalue weighted by molar-refractivity contribution is -0.127. The van der Waals surface area contributed by atoms with Crippen LogP contribution < -0.4 is 5.32 Å². The van der Waals surface area contributed by atoms with Crippen LogP contribution in [-0.4, -0.2) is 31.7 Å². The number of benzene rings is 1. The number of thiophene rings is 1. The number of hydrogen-bond donors (Lipinski definition) is 1. The highest BCUT2D eigenvalue weighted by atomic mass is 79.9. The fourth-order valence-corrected chi connectivity index (χ4v) is 7.19. The minimum Gasteiger partial charge on any atom is -0.349 e. The number of piperidine rings is 1. The molecule has 3 rings (SSSR count). The minimum absolute atomic E-state index is 0.0742. The summed E-state index contributed by atoms with van der Waals surface area (Å²) < 4.78 is 28.3. The zero-order chi connectivity index (χ0) is 20.3. The van der Waals surface area contributed by atoms with Gasteiger partial charge in [-0.15, -0.1) is 11.3 Å². The topological polar surface area (TPSA) is 66.5 Å². The predicted octanol–water partition coefficient (Wildman–Crippen LogP) is 4.42. The van der Waals surface area contributed by atoms with Crippen LogP contribution in [0.15, 0.2) is 50.5 Å². The highest BCUT2D eigenvalue weighted by molar-refractivity contribution is 9.11. The lowest BCUT2D eigenvalue weighted by atomic mass is 9.93. The van der Waals surface area contributed by atoms with Gasteiger partial charge in [0.25, 0.3) is 10.0 Å². The Labute approximate surface area is 179 Å². The van der Waals surface area contributed by atoms with E-state index >= 15 is 0 Å². The SMILES string of the molecule is CC(C)C(NC(=O)C1CCCN(S(=O)(=O)c2ccc(Br)s2)C1)c1ccccc1. The standard InChI is InChI=1S/C20H25BrN2O3S2/c1-14(2)19(15-7-4-3-5-8-15)22-20(24)16-9-6-12-23(13-16)28(25,26)18-11-10-17(21)27-18/h3-5,7-8,10-11,14,16,19H,6,9,12-13H2,1-2H3,(H,22,24). The second kappa shape index (κ2) is 9.07. The van der Waals surface area contributed by atoms with Crippen LogP contribution in [-0.2, 0) is 14.8 Å². The maximum atomic E-state index is 13.0. The molecule has 1 amide bonds. The molecule has 1 fully saturated rings. The minimum atomic E-state index is -3.56. The van der Waals surface area contributed by atoms with E-state index in [1.807, 2.05) is 30.3 Å². The maximum absolute atomic E-state index is 13.0. The molecule has 5 nitrogen and oxygen atoms in total. The molecule has 0 bridgehead atoms. The van der Waals surface area contributed by atoms with Gasteiger partial charge >= 0.3 is 0 Å². The van der Waals surface area contributed by atoms with E-state index in [1.165, 1.54) is 15.6 Å². The number of nitrogens with zero attached hydrogens (tertiary/aromatic N) is 1. The fraction of sp³-hybridized carbons (Fsp3) is 0.450. The molecule has 152 valence electrons. The van der Waals surface area contributed by atoms with Gasteiger partial charge in [0.1, 0.15) is 4.21 Å². The summed E-state index contributed by atoms with van der Waals surface area (Å²) in [6, 6.07) is 13.2. The molecule has 0 saturated carbocycles. The third-order valence-corrected chi connectivity index (χ3v) is 8.98. The summed E-state index contributed by atoms with van der Waals surface area (Å²) in [6.45, 7) is 4.83. The zero-order valence-electron chi connectivity index (χ0n) is 16.0. The second-order valence-electron chi connectivity index (χ2n) is 7.40. The molecule has 2 unspecified atom stereocenters. The number of sulfonamides is 1. The Kier molecular flexibility index (Phi) is 6.96. The van der Waals surface area contributed by atoms with Crippen LogP contribution in [0.3, 0.4) is 0 Å². The smallest absolute Gasteiger partial charge is 0.252 e.